The summed E-state index contributed by atoms with van der Waals surface area (Å²) in [5, 5.41) is 4.77. The molecule has 34 heavy (non-hydrogen) atoms. The summed E-state index contributed by atoms with van der Waals surface area (Å²) in [7, 11) is 1.57. The molecular weight excluding hydrogens is 436 g/mol. The van der Waals surface area contributed by atoms with E-state index in [-0.39, 0.29) is 11.3 Å². The number of amides is 3. The lowest BCUT2D eigenvalue weighted by molar-refractivity contribution is -0.123. The first-order valence-corrected chi connectivity index (χ1v) is 10.2. The Hall–Kier alpha value is -4.72. The highest BCUT2D eigenvalue weighted by Crippen LogP contribution is 2.17. The summed E-state index contributed by atoms with van der Waals surface area (Å²) in [6, 6.07) is 21.5. The Bertz CT molecular complexity index is 1200. The third kappa shape index (κ3) is 6.89. The maximum Gasteiger partial charge on any atom is 0.340 e. The summed E-state index contributed by atoms with van der Waals surface area (Å²) in [6.07, 6.45) is 2.94. The van der Waals surface area contributed by atoms with Crippen LogP contribution in [0, 0.1) is 0 Å². The van der Waals surface area contributed by atoms with Crippen LogP contribution in [0.3, 0.4) is 0 Å². The van der Waals surface area contributed by atoms with Crippen LogP contribution in [0.25, 0.3) is 6.08 Å². The number of hydrogen-bond acceptors (Lipinski definition) is 6. The number of esters is 1. The van der Waals surface area contributed by atoms with Crippen LogP contribution in [0.4, 0.5) is 5.69 Å². The molecule has 0 aromatic heterocycles. The molecule has 0 atom stereocenters. The van der Waals surface area contributed by atoms with Gasteiger partial charge in [-0.2, -0.15) is 0 Å². The predicted molar refractivity (Wildman–Crippen MR) is 126 cm³/mol. The van der Waals surface area contributed by atoms with Crippen LogP contribution in [0.2, 0.25) is 0 Å². The number of benzene rings is 3. The van der Waals surface area contributed by atoms with Gasteiger partial charge in [-0.25, -0.2) is 4.79 Å². The standard InChI is InChI=1S/C26H22N2O6/c1-33-20-14-11-18(12-15-20)13-16-23(29)27-22-10-6-5-9-21(22)26(32)34-17-24(30)28-25(31)19-7-3-2-4-8-19/h2-16H,17H2,1H3,(H,27,29)(H,28,30,31)/b16-13+. The first-order chi connectivity index (χ1) is 16.5. The van der Waals surface area contributed by atoms with Gasteiger partial charge in [-0.3, -0.25) is 19.7 Å². The van der Waals surface area contributed by atoms with E-state index in [1.165, 1.54) is 18.2 Å². The number of anilines is 1. The van der Waals surface area contributed by atoms with Gasteiger partial charge in [0.25, 0.3) is 11.8 Å². The van der Waals surface area contributed by atoms with Gasteiger partial charge in [-0.05, 0) is 48.0 Å². The van der Waals surface area contributed by atoms with Crippen LogP contribution < -0.4 is 15.4 Å². The van der Waals surface area contributed by atoms with Gasteiger partial charge >= 0.3 is 5.97 Å². The Morgan fingerprint density at radius 3 is 2.24 bits per heavy atom. The molecule has 0 saturated carbocycles. The van der Waals surface area contributed by atoms with Crippen LogP contribution in [0.5, 0.6) is 5.75 Å². The number of methoxy groups -OCH3 is 1. The largest absolute Gasteiger partial charge is 0.497 e. The highest BCUT2D eigenvalue weighted by Gasteiger charge is 2.16. The minimum Gasteiger partial charge on any atom is -0.497 e. The molecule has 2 N–H and O–H groups in total. The molecule has 3 aromatic carbocycles. The molecule has 0 bridgehead atoms. The number of carbonyl (C=O) groups is 4. The quantitative estimate of drug-likeness (QED) is 0.395. The summed E-state index contributed by atoms with van der Waals surface area (Å²) < 4.78 is 10.1. The van der Waals surface area contributed by atoms with E-state index in [2.05, 4.69) is 10.6 Å². The van der Waals surface area contributed by atoms with Gasteiger partial charge in [0, 0.05) is 11.6 Å². The zero-order chi connectivity index (χ0) is 24.3. The average Bonchev–Trinajstić information content (AvgIpc) is 2.87. The summed E-state index contributed by atoms with van der Waals surface area (Å²) >= 11 is 0. The molecule has 8 nitrogen and oxygen atoms in total. The number of nitrogens with one attached hydrogen (secondary N) is 2. The highest BCUT2D eigenvalue weighted by molar-refractivity contribution is 6.07. The van der Waals surface area contributed by atoms with Gasteiger partial charge in [-0.15, -0.1) is 0 Å². The van der Waals surface area contributed by atoms with Crippen molar-refractivity contribution in [3.63, 3.8) is 0 Å². The van der Waals surface area contributed by atoms with Crippen molar-refractivity contribution < 1.29 is 28.7 Å². The summed E-state index contributed by atoms with van der Waals surface area (Å²) in [5.74, 6) is -1.95. The van der Waals surface area contributed by atoms with Gasteiger partial charge in [-0.1, -0.05) is 42.5 Å². The van der Waals surface area contributed by atoms with Gasteiger partial charge in [0.05, 0.1) is 18.4 Å². The molecule has 0 fully saturated rings. The second kappa shape index (κ2) is 11.8. The van der Waals surface area contributed by atoms with Crippen molar-refractivity contribution in [3.8, 4) is 5.75 Å². The number of ether oxygens (including phenoxy) is 2. The van der Waals surface area contributed by atoms with Gasteiger partial charge < -0.3 is 14.8 Å². The zero-order valence-electron chi connectivity index (χ0n) is 18.3. The molecule has 172 valence electrons. The van der Waals surface area contributed by atoms with E-state index in [0.717, 1.165) is 5.56 Å². The molecule has 0 aliphatic heterocycles. The van der Waals surface area contributed by atoms with Gasteiger partial charge in [0.15, 0.2) is 6.61 Å². The fourth-order valence-electron chi connectivity index (χ4n) is 2.86. The van der Waals surface area contributed by atoms with E-state index < -0.39 is 30.3 Å². The first-order valence-electron chi connectivity index (χ1n) is 10.2. The van der Waals surface area contributed by atoms with E-state index in [1.807, 2.05) is 0 Å². The molecule has 0 radical (unpaired) electrons. The number of carbonyl (C=O) groups excluding carboxylic acids is 4. The van der Waals surface area contributed by atoms with Crippen molar-refractivity contribution in [2.75, 3.05) is 19.0 Å². The van der Waals surface area contributed by atoms with Crippen LogP contribution in [-0.2, 0) is 14.3 Å². The lowest BCUT2D eigenvalue weighted by Gasteiger charge is -2.10. The third-order valence-corrected chi connectivity index (χ3v) is 4.57. The fourth-order valence-corrected chi connectivity index (χ4v) is 2.86. The van der Waals surface area contributed by atoms with Crippen molar-refractivity contribution in [3.05, 3.63) is 102 Å². The lowest BCUT2D eigenvalue weighted by atomic mass is 10.1. The van der Waals surface area contributed by atoms with E-state index in [9.17, 15) is 19.2 Å². The number of imide groups is 1. The van der Waals surface area contributed by atoms with Crippen LogP contribution in [0.1, 0.15) is 26.3 Å². The normalized spacial score (nSPS) is 10.4. The smallest absolute Gasteiger partial charge is 0.340 e. The molecule has 0 unspecified atom stereocenters. The summed E-state index contributed by atoms with van der Waals surface area (Å²) in [4.78, 5) is 48.8. The predicted octanol–water partition coefficient (Wildman–Crippen LogP) is 3.46. The second-order valence-corrected chi connectivity index (χ2v) is 6.96. The Morgan fingerprint density at radius 1 is 0.853 bits per heavy atom. The van der Waals surface area contributed by atoms with Crippen molar-refractivity contribution >= 4 is 35.5 Å². The van der Waals surface area contributed by atoms with E-state index in [4.69, 9.17) is 9.47 Å². The highest BCUT2D eigenvalue weighted by atomic mass is 16.5. The molecule has 0 aliphatic carbocycles. The second-order valence-electron chi connectivity index (χ2n) is 6.96. The molecule has 8 heteroatoms. The molecule has 0 heterocycles. The monoisotopic (exact) mass is 458 g/mol. The molecule has 3 amide bonds. The molecule has 0 spiro atoms. The van der Waals surface area contributed by atoms with E-state index in [0.29, 0.717) is 11.3 Å². The maximum absolute atomic E-state index is 12.5. The average molecular weight is 458 g/mol. The van der Waals surface area contributed by atoms with Crippen molar-refractivity contribution in [2.45, 2.75) is 0 Å². The summed E-state index contributed by atoms with van der Waals surface area (Å²) in [5.41, 5.74) is 1.38. The molecule has 0 saturated heterocycles. The number of hydrogen-bond donors (Lipinski definition) is 2. The number of para-hydroxylation sites is 1. The summed E-state index contributed by atoms with van der Waals surface area (Å²) in [6.45, 7) is -0.656. The van der Waals surface area contributed by atoms with Crippen LogP contribution in [-0.4, -0.2) is 37.4 Å². The lowest BCUT2D eigenvalue weighted by Crippen LogP contribution is -2.34. The Balaban J connectivity index is 1.56. The third-order valence-electron chi connectivity index (χ3n) is 4.57. The minimum absolute atomic E-state index is 0.0656. The zero-order valence-corrected chi connectivity index (χ0v) is 18.3. The minimum atomic E-state index is -0.822. The van der Waals surface area contributed by atoms with Crippen molar-refractivity contribution in [2.24, 2.45) is 0 Å². The van der Waals surface area contributed by atoms with Gasteiger partial charge in [0.1, 0.15) is 5.75 Å². The molecular formula is C26H22N2O6. The van der Waals surface area contributed by atoms with Crippen LogP contribution in [0.15, 0.2) is 84.9 Å². The van der Waals surface area contributed by atoms with Crippen molar-refractivity contribution in [1.29, 1.82) is 0 Å². The number of rotatable bonds is 8. The SMILES string of the molecule is COc1ccc(/C=C/C(=O)Nc2ccccc2C(=O)OCC(=O)NC(=O)c2ccccc2)cc1. The van der Waals surface area contributed by atoms with E-state index in [1.54, 1.807) is 79.9 Å². The molecule has 3 rings (SSSR count). The van der Waals surface area contributed by atoms with E-state index >= 15 is 0 Å². The first kappa shape index (κ1) is 23.9. The fraction of sp³-hybridized carbons (Fsp3) is 0.0769. The van der Waals surface area contributed by atoms with Gasteiger partial charge in [0.2, 0.25) is 5.91 Å². The molecule has 0 aliphatic rings. The topological polar surface area (TPSA) is 111 Å². The van der Waals surface area contributed by atoms with Crippen molar-refractivity contribution in [1.82, 2.24) is 5.32 Å². The maximum atomic E-state index is 12.5. The Kier molecular flexibility index (Phi) is 8.29. The Labute approximate surface area is 196 Å². The molecule has 3 aromatic rings. The Morgan fingerprint density at radius 2 is 1.53 bits per heavy atom. The van der Waals surface area contributed by atoms with Crippen LogP contribution >= 0.6 is 0 Å².